The van der Waals surface area contributed by atoms with Gasteiger partial charge < -0.3 is 10.4 Å². The molecule has 17 heavy (non-hydrogen) atoms. The predicted molar refractivity (Wildman–Crippen MR) is 76.4 cm³/mol. The third-order valence-corrected chi connectivity index (χ3v) is 4.39. The molecule has 0 aliphatic carbocycles. The smallest absolute Gasteiger partial charge is 0.0702 e. The lowest BCUT2D eigenvalue weighted by atomic mass is 10.1. The largest absolute Gasteiger partial charge is 0.392 e. The fourth-order valence-corrected chi connectivity index (χ4v) is 3.09. The quantitative estimate of drug-likeness (QED) is 0.888. The van der Waals surface area contributed by atoms with Crippen LogP contribution >= 0.6 is 27.3 Å². The van der Waals surface area contributed by atoms with Gasteiger partial charge in [0.2, 0.25) is 0 Å². The molecule has 1 aromatic heterocycles. The highest BCUT2D eigenvalue weighted by Gasteiger charge is 2.09. The standard InChI is InChI=1S/C13H14BrNOS/c1-9(12-6-7-13(14)17-12)15-11-5-3-2-4-10(11)8-16/h2-7,9,15-16H,8H2,1H3. The molecule has 0 amide bonds. The van der Waals surface area contributed by atoms with E-state index in [0.29, 0.717) is 0 Å². The maximum atomic E-state index is 9.26. The van der Waals surface area contributed by atoms with Crippen molar-refractivity contribution in [1.29, 1.82) is 0 Å². The second-order valence-electron chi connectivity index (χ2n) is 3.82. The summed E-state index contributed by atoms with van der Waals surface area (Å²) in [5.74, 6) is 0. The monoisotopic (exact) mass is 311 g/mol. The predicted octanol–water partition coefficient (Wildman–Crippen LogP) is 4.18. The zero-order valence-electron chi connectivity index (χ0n) is 9.48. The molecule has 2 nitrogen and oxygen atoms in total. The van der Waals surface area contributed by atoms with Crippen molar-refractivity contribution < 1.29 is 5.11 Å². The van der Waals surface area contributed by atoms with Crippen molar-refractivity contribution in [2.24, 2.45) is 0 Å². The molecule has 0 fully saturated rings. The van der Waals surface area contributed by atoms with E-state index in [0.717, 1.165) is 15.0 Å². The van der Waals surface area contributed by atoms with Gasteiger partial charge in [-0.2, -0.15) is 0 Å². The van der Waals surface area contributed by atoms with Gasteiger partial charge in [-0.25, -0.2) is 0 Å². The summed E-state index contributed by atoms with van der Waals surface area (Å²) < 4.78 is 1.14. The van der Waals surface area contributed by atoms with Crippen LogP contribution in [-0.2, 0) is 6.61 Å². The van der Waals surface area contributed by atoms with E-state index in [9.17, 15) is 5.11 Å². The molecule has 4 heteroatoms. The number of para-hydroxylation sites is 1. The van der Waals surface area contributed by atoms with E-state index in [1.165, 1.54) is 4.88 Å². The first-order valence-electron chi connectivity index (χ1n) is 5.41. The second-order valence-corrected chi connectivity index (χ2v) is 6.32. The van der Waals surface area contributed by atoms with Gasteiger partial charge in [-0.05, 0) is 41.1 Å². The van der Waals surface area contributed by atoms with Crippen LogP contribution in [0.25, 0.3) is 0 Å². The van der Waals surface area contributed by atoms with E-state index in [2.05, 4.69) is 40.3 Å². The molecule has 1 atom stereocenters. The van der Waals surface area contributed by atoms with Crippen LogP contribution < -0.4 is 5.32 Å². The lowest BCUT2D eigenvalue weighted by Crippen LogP contribution is -2.06. The van der Waals surface area contributed by atoms with E-state index in [4.69, 9.17) is 0 Å². The van der Waals surface area contributed by atoms with E-state index >= 15 is 0 Å². The Kier molecular flexibility index (Phi) is 4.20. The number of hydrogen-bond donors (Lipinski definition) is 2. The summed E-state index contributed by atoms with van der Waals surface area (Å²) in [7, 11) is 0. The minimum absolute atomic E-state index is 0.0596. The van der Waals surface area contributed by atoms with Crippen LogP contribution in [0, 0.1) is 0 Å². The average molecular weight is 312 g/mol. The normalized spacial score (nSPS) is 12.4. The first-order valence-corrected chi connectivity index (χ1v) is 7.02. The summed E-state index contributed by atoms with van der Waals surface area (Å²) in [6.45, 7) is 2.18. The fourth-order valence-electron chi connectivity index (χ4n) is 1.66. The SMILES string of the molecule is CC(Nc1ccccc1CO)c1ccc(Br)s1. The molecule has 1 aromatic carbocycles. The van der Waals surface area contributed by atoms with Gasteiger partial charge in [0.25, 0.3) is 0 Å². The Balaban J connectivity index is 2.15. The van der Waals surface area contributed by atoms with Gasteiger partial charge in [0.05, 0.1) is 16.4 Å². The molecule has 0 radical (unpaired) electrons. The van der Waals surface area contributed by atoms with Crippen LogP contribution in [0.2, 0.25) is 0 Å². The van der Waals surface area contributed by atoms with Crippen molar-refractivity contribution in [2.45, 2.75) is 19.6 Å². The Morgan fingerprint density at radius 3 is 2.71 bits per heavy atom. The molecular weight excluding hydrogens is 298 g/mol. The Labute approximate surface area is 113 Å². The summed E-state index contributed by atoms with van der Waals surface area (Å²) in [5, 5.41) is 12.7. The number of hydrogen-bond acceptors (Lipinski definition) is 3. The van der Waals surface area contributed by atoms with Gasteiger partial charge in [0.1, 0.15) is 0 Å². The number of halogens is 1. The topological polar surface area (TPSA) is 32.3 Å². The molecular formula is C13H14BrNOS. The summed E-state index contributed by atoms with van der Waals surface area (Å²) in [6, 6.07) is 12.2. The molecule has 2 N–H and O–H groups in total. The summed E-state index contributed by atoms with van der Waals surface area (Å²) >= 11 is 5.18. The maximum absolute atomic E-state index is 9.26. The number of aliphatic hydroxyl groups is 1. The third-order valence-electron chi connectivity index (χ3n) is 2.58. The van der Waals surface area contributed by atoms with Gasteiger partial charge in [-0.1, -0.05) is 18.2 Å². The zero-order chi connectivity index (χ0) is 12.3. The molecule has 2 rings (SSSR count). The van der Waals surface area contributed by atoms with Gasteiger partial charge in [0, 0.05) is 16.1 Å². The van der Waals surface area contributed by atoms with Crippen molar-refractivity contribution in [3.63, 3.8) is 0 Å². The van der Waals surface area contributed by atoms with E-state index < -0.39 is 0 Å². The van der Waals surface area contributed by atoms with E-state index in [-0.39, 0.29) is 12.6 Å². The van der Waals surface area contributed by atoms with Gasteiger partial charge in [-0.3, -0.25) is 0 Å². The van der Waals surface area contributed by atoms with Gasteiger partial charge in [0.15, 0.2) is 0 Å². The molecule has 0 saturated carbocycles. The van der Waals surface area contributed by atoms with Gasteiger partial charge in [-0.15, -0.1) is 11.3 Å². The van der Waals surface area contributed by atoms with Crippen LogP contribution in [0.5, 0.6) is 0 Å². The molecule has 1 heterocycles. The molecule has 0 bridgehead atoms. The molecule has 90 valence electrons. The first kappa shape index (κ1) is 12.6. The number of nitrogens with one attached hydrogen (secondary N) is 1. The molecule has 0 spiro atoms. The Morgan fingerprint density at radius 1 is 1.29 bits per heavy atom. The van der Waals surface area contributed by atoms with Crippen molar-refractivity contribution in [1.82, 2.24) is 0 Å². The van der Waals surface area contributed by atoms with Crippen LogP contribution in [0.3, 0.4) is 0 Å². The fraction of sp³-hybridized carbons (Fsp3) is 0.231. The van der Waals surface area contributed by atoms with Crippen LogP contribution in [-0.4, -0.2) is 5.11 Å². The highest BCUT2D eigenvalue weighted by atomic mass is 79.9. The van der Waals surface area contributed by atoms with Crippen LogP contribution in [0.4, 0.5) is 5.69 Å². The maximum Gasteiger partial charge on any atom is 0.0702 e. The number of benzene rings is 1. The van der Waals surface area contributed by atoms with Crippen molar-refractivity contribution in [3.8, 4) is 0 Å². The minimum Gasteiger partial charge on any atom is -0.392 e. The Bertz CT molecular complexity index is 498. The summed E-state index contributed by atoms with van der Waals surface area (Å²) in [4.78, 5) is 1.27. The van der Waals surface area contributed by atoms with E-state index in [1.54, 1.807) is 11.3 Å². The lowest BCUT2D eigenvalue weighted by Gasteiger charge is -2.16. The van der Waals surface area contributed by atoms with Crippen molar-refractivity contribution in [3.05, 3.63) is 50.6 Å². The summed E-state index contributed by atoms with van der Waals surface area (Å²) in [5.41, 5.74) is 1.92. The number of rotatable bonds is 4. The van der Waals surface area contributed by atoms with Crippen molar-refractivity contribution >= 4 is 33.0 Å². The lowest BCUT2D eigenvalue weighted by molar-refractivity contribution is 0.282. The molecule has 0 saturated heterocycles. The highest BCUT2D eigenvalue weighted by Crippen LogP contribution is 2.30. The Hall–Kier alpha value is -0.840. The molecule has 1 unspecified atom stereocenters. The minimum atomic E-state index is 0.0596. The number of aliphatic hydroxyl groups excluding tert-OH is 1. The molecule has 0 aliphatic heterocycles. The number of thiophene rings is 1. The first-order chi connectivity index (χ1) is 8.20. The van der Waals surface area contributed by atoms with Gasteiger partial charge >= 0.3 is 0 Å². The van der Waals surface area contributed by atoms with Crippen LogP contribution in [0.1, 0.15) is 23.4 Å². The second kappa shape index (κ2) is 5.67. The zero-order valence-corrected chi connectivity index (χ0v) is 11.9. The van der Waals surface area contributed by atoms with Crippen LogP contribution in [0.15, 0.2) is 40.2 Å². The summed E-state index contributed by atoms with van der Waals surface area (Å²) in [6.07, 6.45) is 0. The van der Waals surface area contributed by atoms with E-state index in [1.807, 2.05) is 24.3 Å². The molecule has 0 aliphatic rings. The average Bonchev–Trinajstić information content (AvgIpc) is 2.77. The number of anilines is 1. The highest BCUT2D eigenvalue weighted by molar-refractivity contribution is 9.11. The Morgan fingerprint density at radius 2 is 2.06 bits per heavy atom. The molecule has 2 aromatic rings. The van der Waals surface area contributed by atoms with Crippen molar-refractivity contribution in [2.75, 3.05) is 5.32 Å². The third kappa shape index (κ3) is 3.09.